The molecule has 0 radical (unpaired) electrons. The fourth-order valence-electron chi connectivity index (χ4n) is 2.13. The summed E-state index contributed by atoms with van der Waals surface area (Å²) >= 11 is 10.2. The molecular weight excluding hydrogens is 423 g/mol. The Morgan fingerprint density at radius 2 is 2.08 bits per heavy atom. The third-order valence-electron chi connectivity index (χ3n) is 3.22. The van der Waals surface area contributed by atoms with Gasteiger partial charge in [-0.25, -0.2) is 4.39 Å². The molecule has 9 heteroatoms. The number of nitro benzene ring substituents is 1. The lowest BCUT2D eigenvalue weighted by molar-refractivity contribution is -0.382. The number of halogens is 3. The number of benzene rings is 2. The smallest absolute Gasteiger partial charge is 0.287 e. The molecule has 122 valence electrons. The zero-order valence-electron chi connectivity index (χ0n) is 11.7. The highest BCUT2D eigenvalue weighted by Crippen LogP contribution is 2.40. The number of amides is 1. The van der Waals surface area contributed by atoms with Gasteiger partial charge in [0.2, 0.25) is 0 Å². The Bertz CT molecular complexity index is 992. The van der Waals surface area contributed by atoms with Crippen LogP contribution in [0.5, 0.6) is 0 Å². The van der Waals surface area contributed by atoms with Crippen LogP contribution in [0.3, 0.4) is 0 Å². The maximum atomic E-state index is 13.8. The number of nitrogens with one attached hydrogen (secondary N) is 1. The van der Waals surface area contributed by atoms with Crippen LogP contribution in [0.15, 0.2) is 40.9 Å². The lowest BCUT2D eigenvalue weighted by Crippen LogP contribution is -2.11. The second-order valence-corrected chi connectivity index (χ2v) is 7.05. The standard InChI is InChI=1S/C15H7BrClFN2O3S/c16-7-4-5-10(9(18)6-7)19-15(21)14-12(17)8-2-1-3-11(20(22)23)13(8)24-14/h1-6H,(H,19,21). The van der Waals surface area contributed by atoms with Crippen molar-refractivity contribution < 1.29 is 14.1 Å². The third-order valence-corrected chi connectivity index (χ3v) is 5.44. The van der Waals surface area contributed by atoms with E-state index in [2.05, 4.69) is 21.2 Å². The molecule has 3 aromatic rings. The van der Waals surface area contributed by atoms with E-state index in [1.165, 1.54) is 24.3 Å². The molecule has 1 aromatic heterocycles. The summed E-state index contributed by atoms with van der Waals surface area (Å²) in [5.74, 6) is -1.24. The third kappa shape index (κ3) is 3.00. The molecule has 0 unspecified atom stereocenters. The van der Waals surface area contributed by atoms with Gasteiger partial charge < -0.3 is 5.32 Å². The van der Waals surface area contributed by atoms with Crippen LogP contribution >= 0.6 is 38.9 Å². The van der Waals surface area contributed by atoms with Crippen LogP contribution in [0.25, 0.3) is 10.1 Å². The minimum Gasteiger partial charge on any atom is -0.319 e. The van der Waals surface area contributed by atoms with Gasteiger partial charge in [0, 0.05) is 15.9 Å². The Morgan fingerprint density at radius 1 is 1.33 bits per heavy atom. The first-order chi connectivity index (χ1) is 11.4. The van der Waals surface area contributed by atoms with Crippen LogP contribution in [0.2, 0.25) is 5.02 Å². The second kappa shape index (κ2) is 6.46. The Morgan fingerprint density at radius 3 is 2.75 bits per heavy atom. The number of carbonyl (C=O) groups excluding carboxylic acids is 1. The Hall–Kier alpha value is -2.03. The van der Waals surface area contributed by atoms with Crippen molar-refractivity contribution in [3.8, 4) is 0 Å². The first-order valence-electron chi connectivity index (χ1n) is 6.50. The van der Waals surface area contributed by atoms with Crippen LogP contribution < -0.4 is 5.32 Å². The van der Waals surface area contributed by atoms with Crippen molar-refractivity contribution in [2.75, 3.05) is 5.32 Å². The number of hydrogen-bond donors (Lipinski definition) is 1. The van der Waals surface area contributed by atoms with Crippen LogP contribution in [0.4, 0.5) is 15.8 Å². The fourth-order valence-corrected chi connectivity index (χ4v) is 3.96. The number of non-ortho nitro benzene ring substituents is 1. The van der Waals surface area contributed by atoms with Crippen molar-refractivity contribution in [2.45, 2.75) is 0 Å². The predicted molar refractivity (Wildman–Crippen MR) is 95.5 cm³/mol. The van der Waals surface area contributed by atoms with Crippen molar-refractivity contribution in [2.24, 2.45) is 0 Å². The molecule has 1 amide bonds. The Balaban J connectivity index is 2.03. The fraction of sp³-hybridized carbons (Fsp3) is 0. The number of carbonyl (C=O) groups is 1. The van der Waals surface area contributed by atoms with Gasteiger partial charge >= 0.3 is 0 Å². The van der Waals surface area contributed by atoms with E-state index in [0.717, 1.165) is 11.3 Å². The normalized spacial score (nSPS) is 10.8. The molecule has 5 nitrogen and oxygen atoms in total. The molecule has 0 aliphatic rings. The lowest BCUT2D eigenvalue weighted by atomic mass is 10.2. The summed E-state index contributed by atoms with van der Waals surface area (Å²) in [6.45, 7) is 0. The number of thiophene rings is 1. The van der Waals surface area contributed by atoms with Crippen molar-refractivity contribution in [1.29, 1.82) is 0 Å². The molecule has 1 N–H and O–H groups in total. The van der Waals surface area contributed by atoms with Gasteiger partial charge in [-0.1, -0.05) is 39.7 Å². The van der Waals surface area contributed by atoms with Crippen molar-refractivity contribution >= 4 is 66.2 Å². The van der Waals surface area contributed by atoms with E-state index >= 15 is 0 Å². The average molecular weight is 430 g/mol. The molecule has 0 saturated heterocycles. The van der Waals surface area contributed by atoms with E-state index in [1.807, 2.05) is 0 Å². The van der Waals surface area contributed by atoms with Gasteiger partial charge in [-0.15, -0.1) is 11.3 Å². The zero-order valence-corrected chi connectivity index (χ0v) is 14.8. The maximum absolute atomic E-state index is 13.8. The van der Waals surface area contributed by atoms with Gasteiger partial charge in [-0.2, -0.15) is 0 Å². The number of hydrogen-bond acceptors (Lipinski definition) is 4. The molecule has 2 aromatic carbocycles. The average Bonchev–Trinajstić information content (AvgIpc) is 2.87. The monoisotopic (exact) mass is 428 g/mol. The van der Waals surface area contributed by atoms with Crippen LogP contribution in [0.1, 0.15) is 9.67 Å². The first kappa shape index (κ1) is 16.8. The SMILES string of the molecule is O=C(Nc1ccc(Br)cc1F)c1sc2c([N+](=O)[O-])cccc2c1Cl. The number of rotatable bonds is 3. The van der Waals surface area contributed by atoms with Crippen molar-refractivity contribution in [3.05, 3.63) is 66.7 Å². The molecule has 0 fully saturated rings. The molecule has 0 aliphatic carbocycles. The molecule has 1 heterocycles. The molecule has 0 spiro atoms. The van der Waals surface area contributed by atoms with Crippen LogP contribution in [0, 0.1) is 15.9 Å². The van der Waals surface area contributed by atoms with Gasteiger partial charge in [-0.05, 0) is 18.2 Å². The maximum Gasteiger partial charge on any atom is 0.287 e. The zero-order chi connectivity index (χ0) is 17.4. The van der Waals surface area contributed by atoms with E-state index < -0.39 is 16.6 Å². The number of anilines is 1. The molecule has 0 bridgehead atoms. The quantitative estimate of drug-likeness (QED) is 0.434. The molecule has 0 aliphatic heterocycles. The van der Waals surface area contributed by atoms with Crippen molar-refractivity contribution in [1.82, 2.24) is 0 Å². The molecule has 0 saturated carbocycles. The Labute approximate surface area is 152 Å². The predicted octanol–water partition coefficient (Wildman–Crippen LogP) is 5.62. The van der Waals surface area contributed by atoms with Gasteiger partial charge in [0.15, 0.2) is 0 Å². The summed E-state index contributed by atoms with van der Waals surface area (Å²) in [5.41, 5.74) is -0.139. The van der Waals surface area contributed by atoms with E-state index in [-0.39, 0.29) is 21.3 Å². The van der Waals surface area contributed by atoms with Crippen molar-refractivity contribution in [3.63, 3.8) is 0 Å². The van der Waals surface area contributed by atoms with Gasteiger partial charge in [-0.3, -0.25) is 14.9 Å². The molecule has 24 heavy (non-hydrogen) atoms. The van der Waals surface area contributed by atoms with Gasteiger partial charge in [0.25, 0.3) is 11.6 Å². The number of fused-ring (bicyclic) bond motifs is 1. The first-order valence-corrected chi connectivity index (χ1v) is 8.49. The van der Waals surface area contributed by atoms with Crippen LogP contribution in [-0.4, -0.2) is 10.8 Å². The minimum atomic E-state index is -0.628. The summed E-state index contributed by atoms with van der Waals surface area (Å²) < 4.78 is 14.7. The highest BCUT2D eigenvalue weighted by molar-refractivity contribution is 9.10. The van der Waals surface area contributed by atoms with Gasteiger partial charge in [0.05, 0.1) is 15.6 Å². The van der Waals surface area contributed by atoms with Gasteiger partial charge in [0.1, 0.15) is 15.4 Å². The summed E-state index contributed by atoms with van der Waals surface area (Å²) in [7, 11) is 0. The van der Waals surface area contributed by atoms with E-state index in [4.69, 9.17) is 11.6 Å². The molecular formula is C15H7BrClFN2O3S. The lowest BCUT2D eigenvalue weighted by Gasteiger charge is -2.05. The topological polar surface area (TPSA) is 72.2 Å². The highest BCUT2D eigenvalue weighted by atomic mass is 79.9. The second-order valence-electron chi connectivity index (χ2n) is 4.73. The largest absolute Gasteiger partial charge is 0.319 e. The Kier molecular flexibility index (Phi) is 4.53. The number of nitro groups is 1. The summed E-state index contributed by atoms with van der Waals surface area (Å²) in [6, 6.07) is 8.63. The molecule has 3 rings (SSSR count). The summed E-state index contributed by atoms with van der Waals surface area (Å²) in [4.78, 5) is 23.0. The van der Waals surface area contributed by atoms with E-state index in [0.29, 0.717) is 14.6 Å². The highest BCUT2D eigenvalue weighted by Gasteiger charge is 2.23. The van der Waals surface area contributed by atoms with E-state index in [1.54, 1.807) is 12.1 Å². The van der Waals surface area contributed by atoms with Crippen LogP contribution in [-0.2, 0) is 0 Å². The summed E-state index contributed by atoms with van der Waals surface area (Å²) in [6.07, 6.45) is 0. The number of nitrogens with zero attached hydrogens (tertiary/aromatic N) is 1. The van der Waals surface area contributed by atoms with E-state index in [9.17, 15) is 19.3 Å². The molecule has 0 atom stereocenters. The summed E-state index contributed by atoms with van der Waals surface area (Å²) in [5, 5.41) is 14.0. The minimum absolute atomic E-state index is 0.00813.